The van der Waals surface area contributed by atoms with Crippen molar-refractivity contribution in [1.82, 2.24) is 0 Å². The SMILES string of the molecule is Cc1cc(C)c(NC(=O)C[NH+](C)CC(=O)N2c3ccccc3NC(=O)C[C@H]2C)c(C)c1. The first-order chi connectivity index (χ1) is 14.7. The van der Waals surface area contributed by atoms with Gasteiger partial charge in [-0.15, -0.1) is 0 Å². The molecule has 3 amide bonds. The highest BCUT2D eigenvalue weighted by atomic mass is 16.2. The van der Waals surface area contributed by atoms with Crippen molar-refractivity contribution in [2.75, 3.05) is 35.7 Å². The number of hydrogen-bond acceptors (Lipinski definition) is 3. The number of nitrogens with one attached hydrogen (secondary N) is 3. The number of quaternary nitrogens is 1. The molecule has 0 bridgehead atoms. The van der Waals surface area contributed by atoms with Crippen molar-refractivity contribution in [2.24, 2.45) is 0 Å². The normalized spacial score (nSPS) is 16.7. The van der Waals surface area contributed by atoms with Crippen LogP contribution in [0.25, 0.3) is 0 Å². The summed E-state index contributed by atoms with van der Waals surface area (Å²) < 4.78 is 0. The van der Waals surface area contributed by atoms with Crippen molar-refractivity contribution in [3.8, 4) is 0 Å². The van der Waals surface area contributed by atoms with Gasteiger partial charge in [-0.1, -0.05) is 29.8 Å². The molecule has 3 N–H and O–H groups in total. The van der Waals surface area contributed by atoms with Gasteiger partial charge in [0.05, 0.1) is 18.4 Å². The van der Waals surface area contributed by atoms with Crippen LogP contribution in [0.4, 0.5) is 17.1 Å². The van der Waals surface area contributed by atoms with Crippen LogP contribution < -0.4 is 20.4 Å². The van der Waals surface area contributed by atoms with Gasteiger partial charge in [0.1, 0.15) is 0 Å². The number of para-hydroxylation sites is 2. The lowest BCUT2D eigenvalue weighted by Gasteiger charge is -2.28. The number of anilines is 3. The van der Waals surface area contributed by atoms with Crippen LogP contribution >= 0.6 is 0 Å². The molecule has 0 fully saturated rings. The molecule has 2 aromatic carbocycles. The molecule has 0 aliphatic carbocycles. The molecule has 1 aliphatic rings. The lowest BCUT2D eigenvalue weighted by molar-refractivity contribution is -0.862. The van der Waals surface area contributed by atoms with Crippen molar-refractivity contribution in [3.05, 3.63) is 53.1 Å². The van der Waals surface area contributed by atoms with E-state index in [2.05, 4.69) is 10.6 Å². The second-order valence-corrected chi connectivity index (χ2v) is 8.51. The van der Waals surface area contributed by atoms with Crippen molar-refractivity contribution in [1.29, 1.82) is 0 Å². The predicted octanol–water partition coefficient (Wildman–Crippen LogP) is 1.83. The van der Waals surface area contributed by atoms with Crippen LogP contribution in [-0.2, 0) is 14.4 Å². The topological polar surface area (TPSA) is 82.9 Å². The molecule has 2 atom stereocenters. The smallest absolute Gasteiger partial charge is 0.282 e. The number of fused-ring (bicyclic) bond motifs is 1. The minimum atomic E-state index is -0.268. The van der Waals surface area contributed by atoms with Gasteiger partial charge < -0.3 is 20.4 Å². The first-order valence-electron chi connectivity index (χ1n) is 10.6. The maximum atomic E-state index is 13.2. The molecule has 164 valence electrons. The molecule has 1 heterocycles. The van der Waals surface area contributed by atoms with Crippen molar-refractivity contribution < 1.29 is 19.3 Å². The largest absolute Gasteiger partial charge is 0.324 e. The van der Waals surface area contributed by atoms with Crippen molar-refractivity contribution in [3.63, 3.8) is 0 Å². The van der Waals surface area contributed by atoms with E-state index < -0.39 is 0 Å². The van der Waals surface area contributed by atoms with E-state index in [1.54, 1.807) is 11.0 Å². The van der Waals surface area contributed by atoms with Gasteiger partial charge in [0.2, 0.25) is 5.91 Å². The van der Waals surface area contributed by atoms with E-state index in [0.717, 1.165) is 27.3 Å². The van der Waals surface area contributed by atoms with Gasteiger partial charge in [-0.25, -0.2) is 0 Å². The van der Waals surface area contributed by atoms with Crippen LogP contribution in [-0.4, -0.2) is 43.9 Å². The summed E-state index contributed by atoms with van der Waals surface area (Å²) in [5.41, 5.74) is 5.34. The summed E-state index contributed by atoms with van der Waals surface area (Å²) in [7, 11) is 1.82. The number of nitrogens with zero attached hydrogens (tertiary/aromatic N) is 1. The van der Waals surface area contributed by atoms with Gasteiger partial charge in [0.15, 0.2) is 13.1 Å². The van der Waals surface area contributed by atoms with E-state index in [-0.39, 0.29) is 43.3 Å². The number of carbonyl (C=O) groups is 3. The lowest BCUT2D eigenvalue weighted by atomic mass is 10.1. The first kappa shape index (κ1) is 22.5. The molecule has 31 heavy (non-hydrogen) atoms. The van der Waals surface area contributed by atoms with Crippen LogP contribution in [0.1, 0.15) is 30.0 Å². The Labute approximate surface area is 183 Å². The van der Waals surface area contributed by atoms with E-state index in [9.17, 15) is 14.4 Å². The molecular formula is C24H31N4O3+. The Morgan fingerprint density at radius 3 is 2.45 bits per heavy atom. The van der Waals surface area contributed by atoms with Crippen LogP contribution in [0.3, 0.4) is 0 Å². The molecule has 1 unspecified atom stereocenters. The maximum Gasteiger partial charge on any atom is 0.282 e. The van der Waals surface area contributed by atoms with Crippen molar-refractivity contribution >= 4 is 34.8 Å². The zero-order valence-electron chi connectivity index (χ0n) is 18.8. The summed E-state index contributed by atoms with van der Waals surface area (Å²) in [5, 5.41) is 5.85. The summed E-state index contributed by atoms with van der Waals surface area (Å²) in [6.45, 7) is 8.16. The lowest BCUT2D eigenvalue weighted by Crippen LogP contribution is -3.11. The monoisotopic (exact) mass is 423 g/mol. The quantitative estimate of drug-likeness (QED) is 0.686. The summed E-state index contributed by atoms with van der Waals surface area (Å²) in [6, 6.07) is 11.1. The van der Waals surface area contributed by atoms with Gasteiger partial charge in [-0.3, -0.25) is 14.4 Å². The van der Waals surface area contributed by atoms with Crippen LogP contribution in [0.15, 0.2) is 36.4 Å². The van der Waals surface area contributed by atoms with Gasteiger partial charge in [0, 0.05) is 18.2 Å². The fourth-order valence-electron chi connectivity index (χ4n) is 4.21. The average Bonchev–Trinajstić information content (AvgIpc) is 2.78. The molecule has 0 saturated heterocycles. The van der Waals surface area contributed by atoms with E-state index in [1.165, 1.54) is 0 Å². The Morgan fingerprint density at radius 1 is 1.13 bits per heavy atom. The standard InChI is InChI=1S/C24H30N4O3/c1-15-10-16(2)24(17(3)11-15)26-22(30)13-27(5)14-23(31)28-18(4)12-21(29)25-19-8-6-7-9-20(19)28/h6-11,18H,12-14H2,1-5H3,(H,25,29)(H,26,30)/p+1/t18-/m1/s1. The first-order valence-corrected chi connectivity index (χ1v) is 10.6. The zero-order valence-corrected chi connectivity index (χ0v) is 18.8. The van der Waals surface area contributed by atoms with Gasteiger partial charge in [-0.05, 0) is 51.0 Å². The molecule has 0 spiro atoms. The zero-order chi connectivity index (χ0) is 22.7. The highest BCUT2D eigenvalue weighted by molar-refractivity contribution is 6.04. The van der Waals surface area contributed by atoms with E-state index in [1.807, 2.05) is 65.1 Å². The Morgan fingerprint density at radius 2 is 1.77 bits per heavy atom. The Balaban J connectivity index is 1.68. The van der Waals surface area contributed by atoms with Crippen LogP contribution in [0, 0.1) is 20.8 Å². The number of hydrogen-bond donors (Lipinski definition) is 3. The minimum Gasteiger partial charge on any atom is -0.324 e. The third kappa shape index (κ3) is 5.30. The summed E-state index contributed by atoms with van der Waals surface area (Å²) >= 11 is 0. The van der Waals surface area contributed by atoms with E-state index >= 15 is 0 Å². The Kier molecular flexibility index (Phi) is 6.75. The van der Waals surface area contributed by atoms with Crippen LogP contribution in [0.5, 0.6) is 0 Å². The molecular weight excluding hydrogens is 392 g/mol. The Bertz CT molecular complexity index is 995. The number of benzene rings is 2. The Hall–Kier alpha value is -3.19. The molecule has 0 saturated carbocycles. The summed E-state index contributed by atoms with van der Waals surface area (Å²) in [6.07, 6.45) is 0.228. The second-order valence-electron chi connectivity index (χ2n) is 8.51. The maximum absolute atomic E-state index is 13.2. The number of amides is 3. The van der Waals surface area contributed by atoms with Gasteiger partial charge >= 0.3 is 0 Å². The average molecular weight is 424 g/mol. The summed E-state index contributed by atoms with van der Waals surface area (Å²) in [4.78, 5) is 40.4. The number of likely N-dealkylation sites (N-methyl/N-ethyl adjacent to an activating group) is 1. The molecule has 2 aromatic rings. The molecule has 0 radical (unpaired) electrons. The fraction of sp³-hybridized carbons (Fsp3) is 0.375. The highest BCUT2D eigenvalue weighted by Crippen LogP contribution is 2.31. The third-order valence-corrected chi connectivity index (χ3v) is 5.48. The molecule has 7 heteroatoms. The molecule has 0 aromatic heterocycles. The summed E-state index contributed by atoms with van der Waals surface area (Å²) in [5.74, 6) is -0.370. The molecule has 1 aliphatic heterocycles. The molecule has 7 nitrogen and oxygen atoms in total. The molecule has 3 rings (SSSR count). The van der Waals surface area contributed by atoms with Crippen LogP contribution in [0.2, 0.25) is 0 Å². The number of aryl methyl sites for hydroxylation is 3. The fourth-order valence-corrected chi connectivity index (χ4v) is 4.21. The number of rotatable bonds is 5. The minimum absolute atomic E-state index is 0.112. The number of carbonyl (C=O) groups excluding carboxylic acids is 3. The van der Waals surface area contributed by atoms with E-state index in [4.69, 9.17) is 0 Å². The third-order valence-electron chi connectivity index (χ3n) is 5.48. The highest BCUT2D eigenvalue weighted by Gasteiger charge is 2.31. The van der Waals surface area contributed by atoms with E-state index in [0.29, 0.717) is 11.4 Å². The van der Waals surface area contributed by atoms with Gasteiger partial charge in [0.25, 0.3) is 11.8 Å². The van der Waals surface area contributed by atoms with Gasteiger partial charge in [-0.2, -0.15) is 0 Å². The predicted molar refractivity (Wildman–Crippen MR) is 123 cm³/mol. The second kappa shape index (κ2) is 9.31. The van der Waals surface area contributed by atoms with Crippen molar-refractivity contribution in [2.45, 2.75) is 40.2 Å².